The Hall–Kier alpha value is -2.83. The fraction of sp³-hybridized carbons (Fsp3) is 0.0909. The van der Waals surface area contributed by atoms with Crippen LogP contribution in [0.2, 0.25) is 10.0 Å². The van der Waals surface area contributed by atoms with Crippen LogP contribution in [-0.2, 0) is 21.4 Å². The van der Waals surface area contributed by atoms with Crippen LogP contribution in [0.25, 0.3) is 0 Å². The normalized spacial score (nSPS) is 11.7. The minimum Gasteiger partial charge on any atom is -0.272 e. The summed E-state index contributed by atoms with van der Waals surface area (Å²) in [6, 6.07) is 16.2. The number of halogens is 3. The molecule has 1 N–H and O–H groups in total. The molecule has 0 aliphatic carbocycles. The van der Waals surface area contributed by atoms with E-state index < -0.39 is 27.4 Å². The average molecular weight is 600 g/mol. The van der Waals surface area contributed by atoms with E-state index in [4.69, 9.17) is 23.2 Å². The molecule has 0 fully saturated rings. The quantitative estimate of drug-likeness (QED) is 0.211. The van der Waals surface area contributed by atoms with Crippen LogP contribution in [0, 0.1) is 10.1 Å². The lowest BCUT2D eigenvalue weighted by molar-refractivity contribution is -0.384. The fourth-order valence-electron chi connectivity index (χ4n) is 2.88. The zero-order valence-electron chi connectivity index (χ0n) is 17.8. The Labute approximate surface area is 219 Å². The van der Waals surface area contributed by atoms with Crippen LogP contribution in [0.3, 0.4) is 0 Å². The average Bonchev–Trinajstić information content (AvgIpc) is 2.81. The zero-order valence-corrected chi connectivity index (χ0v) is 21.7. The van der Waals surface area contributed by atoms with Crippen molar-refractivity contribution in [1.82, 2.24) is 9.73 Å². The van der Waals surface area contributed by atoms with E-state index in [2.05, 4.69) is 26.5 Å². The summed E-state index contributed by atoms with van der Waals surface area (Å²) in [5.41, 5.74) is 3.23. The Kier molecular flexibility index (Phi) is 8.98. The molecule has 9 nitrogen and oxygen atoms in total. The molecule has 13 heteroatoms. The Morgan fingerprint density at radius 1 is 1.06 bits per heavy atom. The SMILES string of the molecule is O=C(CN(Cc1ccc(Cl)c(Cl)c1)S(=O)(=O)c1ccc(Br)cc1)N/N=C/c1ccc([N+](=O)[O-])cc1. The summed E-state index contributed by atoms with van der Waals surface area (Å²) in [7, 11) is -4.06. The molecule has 0 saturated carbocycles. The highest BCUT2D eigenvalue weighted by molar-refractivity contribution is 9.10. The molecule has 0 radical (unpaired) electrons. The third-order valence-corrected chi connectivity index (χ3v) is 7.69. The van der Waals surface area contributed by atoms with E-state index in [1.54, 1.807) is 18.2 Å². The molecule has 35 heavy (non-hydrogen) atoms. The van der Waals surface area contributed by atoms with E-state index in [1.807, 2.05) is 0 Å². The van der Waals surface area contributed by atoms with Gasteiger partial charge in [-0.05, 0) is 59.7 Å². The molecule has 3 aromatic carbocycles. The van der Waals surface area contributed by atoms with E-state index in [-0.39, 0.29) is 22.2 Å². The second kappa shape index (κ2) is 11.7. The van der Waals surface area contributed by atoms with Crippen LogP contribution in [-0.4, -0.2) is 36.3 Å². The number of amides is 1. The van der Waals surface area contributed by atoms with Gasteiger partial charge in [-0.1, -0.05) is 45.2 Å². The van der Waals surface area contributed by atoms with Gasteiger partial charge < -0.3 is 0 Å². The number of rotatable bonds is 9. The van der Waals surface area contributed by atoms with Crippen molar-refractivity contribution >= 4 is 67.0 Å². The van der Waals surface area contributed by atoms with Gasteiger partial charge in [-0.3, -0.25) is 14.9 Å². The number of sulfonamides is 1. The van der Waals surface area contributed by atoms with Crippen molar-refractivity contribution in [1.29, 1.82) is 0 Å². The summed E-state index contributed by atoms with van der Waals surface area (Å²) in [6.45, 7) is -0.676. The largest absolute Gasteiger partial charge is 0.272 e. The first-order valence-electron chi connectivity index (χ1n) is 9.82. The second-order valence-corrected chi connectivity index (χ2v) is 10.8. The number of nitrogens with zero attached hydrogens (tertiary/aromatic N) is 3. The van der Waals surface area contributed by atoms with Crippen molar-refractivity contribution in [3.63, 3.8) is 0 Å². The number of benzene rings is 3. The van der Waals surface area contributed by atoms with Crippen molar-refractivity contribution in [2.45, 2.75) is 11.4 Å². The lowest BCUT2D eigenvalue weighted by Gasteiger charge is -2.22. The summed E-state index contributed by atoms with van der Waals surface area (Å²) in [5, 5.41) is 15.1. The van der Waals surface area contributed by atoms with Crippen LogP contribution in [0.1, 0.15) is 11.1 Å². The maximum Gasteiger partial charge on any atom is 0.269 e. The highest BCUT2D eigenvalue weighted by Crippen LogP contribution is 2.25. The standard InChI is InChI=1S/C22H17BrCl2N4O5S/c23-17-4-8-19(9-5-17)35(33,34)28(13-16-3-10-20(24)21(25)11-16)14-22(30)27-26-12-15-1-6-18(7-2-15)29(31)32/h1-12H,13-14H2,(H,27,30)/b26-12+. The third-order valence-electron chi connectivity index (χ3n) is 4.62. The molecule has 0 atom stereocenters. The molecule has 0 aliphatic rings. The van der Waals surface area contributed by atoms with Gasteiger partial charge in [0.15, 0.2) is 0 Å². The van der Waals surface area contributed by atoms with Crippen molar-refractivity contribution in [3.05, 3.63) is 102 Å². The van der Waals surface area contributed by atoms with Crippen LogP contribution < -0.4 is 5.43 Å². The number of nitro groups is 1. The highest BCUT2D eigenvalue weighted by atomic mass is 79.9. The minimum atomic E-state index is -4.06. The molecular weight excluding hydrogens is 583 g/mol. The third kappa shape index (κ3) is 7.33. The predicted molar refractivity (Wildman–Crippen MR) is 137 cm³/mol. The van der Waals surface area contributed by atoms with Gasteiger partial charge in [0.25, 0.3) is 11.6 Å². The smallest absolute Gasteiger partial charge is 0.269 e. The zero-order chi connectivity index (χ0) is 25.6. The number of carbonyl (C=O) groups is 1. The van der Waals surface area contributed by atoms with Gasteiger partial charge in [-0.15, -0.1) is 0 Å². The summed E-state index contributed by atoms with van der Waals surface area (Å²) in [4.78, 5) is 22.8. The maximum atomic E-state index is 13.3. The van der Waals surface area contributed by atoms with Gasteiger partial charge in [-0.2, -0.15) is 9.41 Å². The summed E-state index contributed by atoms with van der Waals surface area (Å²) in [6.07, 6.45) is 1.29. The highest BCUT2D eigenvalue weighted by Gasteiger charge is 2.27. The molecule has 0 bridgehead atoms. The van der Waals surface area contributed by atoms with E-state index in [9.17, 15) is 23.3 Å². The first-order chi connectivity index (χ1) is 16.6. The van der Waals surface area contributed by atoms with E-state index in [0.29, 0.717) is 20.6 Å². The van der Waals surface area contributed by atoms with E-state index >= 15 is 0 Å². The second-order valence-electron chi connectivity index (χ2n) is 7.12. The van der Waals surface area contributed by atoms with Gasteiger partial charge in [0, 0.05) is 23.2 Å². The van der Waals surface area contributed by atoms with Crippen molar-refractivity contribution in [2.24, 2.45) is 5.10 Å². The van der Waals surface area contributed by atoms with Crippen molar-refractivity contribution in [2.75, 3.05) is 6.54 Å². The molecule has 0 unspecified atom stereocenters. The predicted octanol–water partition coefficient (Wildman–Crippen LogP) is 5.01. The van der Waals surface area contributed by atoms with Gasteiger partial charge in [0.2, 0.25) is 10.0 Å². The molecule has 0 spiro atoms. The number of hydrazone groups is 1. The topological polar surface area (TPSA) is 122 Å². The summed E-state index contributed by atoms with van der Waals surface area (Å²) >= 11 is 15.3. The molecule has 3 aromatic rings. The van der Waals surface area contributed by atoms with Gasteiger partial charge in [-0.25, -0.2) is 13.8 Å². The maximum absolute atomic E-state index is 13.3. The molecule has 182 valence electrons. The fourth-order valence-corrected chi connectivity index (χ4v) is 4.85. The van der Waals surface area contributed by atoms with Gasteiger partial charge >= 0.3 is 0 Å². The Morgan fingerprint density at radius 2 is 1.71 bits per heavy atom. The number of nitro benzene ring substituents is 1. The van der Waals surface area contributed by atoms with E-state index in [0.717, 1.165) is 4.31 Å². The first-order valence-corrected chi connectivity index (χ1v) is 12.8. The molecule has 3 rings (SSSR count). The molecular formula is C22H17BrCl2N4O5S. The van der Waals surface area contributed by atoms with Gasteiger partial charge in [0.05, 0.1) is 32.6 Å². The minimum absolute atomic E-state index is 0.00272. The van der Waals surface area contributed by atoms with Crippen molar-refractivity contribution < 1.29 is 18.1 Å². The lowest BCUT2D eigenvalue weighted by Crippen LogP contribution is -2.39. The summed E-state index contributed by atoms with van der Waals surface area (Å²) < 4.78 is 28.3. The summed E-state index contributed by atoms with van der Waals surface area (Å²) in [5.74, 6) is -0.691. The number of non-ortho nitro benzene ring substituents is 1. The lowest BCUT2D eigenvalue weighted by atomic mass is 10.2. The van der Waals surface area contributed by atoms with Crippen LogP contribution >= 0.6 is 39.1 Å². The number of carbonyl (C=O) groups excluding carboxylic acids is 1. The molecule has 0 aromatic heterocycles. The first kappa shape index (κ1) is 26.8. The van der Waals surface area contributed by atoms with Crippen molar-refractivity contribution in [3.8, 4) is 0 Å². The Balaban J connectivity index is 1.78. The van der Waals surface area contributed by atoms with E-state index in [1.165, 1.54) is 54.7 Å². The number of hydrogen-bond acceptors (Lipinski definition) is 6. The van der Waals surface area contributed by atoms with Gasteiger partial charge in [0.1, 0.15) is 0 Å². The molecule has 1 amide bonds. The van der Waals surface area contributed by atoms with Crippen LogP contribution in [0.5, 0.6) is 0 Å². The molecule has 0 aliphatic heterocycles. The number of hydrogen-bond donors (Lipinski definition) is 1. The molecule has 0 heterocycles. The Morgan fingerprint density at radius 3 is 2.31 bits per heavy atom. The van der Waals surface area contributed by atoms with Crippen LogP contribution in [0.4, 0.5) is 5.69 Å². The van der Waals surface area contributed by atoms with Crippen LogP contribution in [0.15, 0.2) is 81.2 Å². The monoisotopic (exact) mass is 598 g/mol. The molecule has 0 saturated heterocycles. The Bertz CT molecular complexity index is 1370. The number of nitrogens with one attached hydrogen (secondary N) is 1.